The lowest BCUT2D eigenvalue weighted by Crippen LogP contribution is -2.56. The van der Waals surface area contributed by atoms with E-state index in [-0.39, 0.29) is 12.0 Å². The van der Waals surface area contributed by atoms with E-state index in [1.807, 2.05) is 13.8 Å². The van der Waals surface area contributed by atoms with E-state index in [0.717, 1.165) is 18.7 Å². The van der Waals surface area contributed by atoms with Crippen LogP contribution in [0.4, 0.5) is 0 Å². The molecule has 1 atom stereocenters. The second kappa shape index (κ2) is 7.99. The van der Waals surface area contributed by atoms with E-state index in [1.54, 1.807) is 0 Å². The monoisotopic (exact) mass is 294 g/mol. The van der Waals surface area contributed by atoms with Gasteiger partial charge in [-0.3, -0.25) is 9.04 Å². The molecule has 0 aromatic rings. The van der Waals surface area contributed by atoms with Crippen LogP contribution in [-0.4, -0.2) is 55.7 Å². The van der Waals surface area contributed by atoms with Crippen LogP contribution in [0.25, 0.3) is 0 Å². The molecular formula is C13H28NO4S+. The summed E-state index contributed by atoms with van der Waals surface area (Å²) in [6.45, 7) is 14.8. The van der Waals surface area contributed by atoms with Gasteiger partial charge in [-0.25, -0.2) is 0 Å². The lowest BCUT2D eigenvalue weighted by molar-refractivity contribution is -0.966. The Labute approximate surface area is 117 Å². The maximum atomic E-state index is 10.8. The fourth-order valence-corrected chi connectivity index (χ4v) is 2.71. The van der Waals surface area contributed by atoms with Gasteiger partial charge in [0.25, 0.3) is 10.1 Å². The summed E-state index contributed by atoms with van der Waals surface area (Å²) < 4.78 is 36.8. The summed E-state index contributed by atoms with van der Waals surface area (Å²) in [4.78, 5) is 0. The van der Waals surface area contributed by atoms with Crippen LogP contribution in [0, 0.1) is 0 Å². The molecule has 0 bridgehead atoms. The van der Waals surface area contributed by atoms with Crippen molar-refractivity contribution in [3.05, 3.63) is 12.2 Å². The summed E-state index contributed by atoms with van der Waals surface area (Å²) >= 11 is 0. The summed E-state index contributed by atoms with van der Waals surface area (Å²) in [5.74, 6) is -0.194. The number of hydrogen-bond donors (Lipinski definition) is 1. The molecule has 0 saturated carbocycles. The maximum Gasteiger partial charge on any atom is 0.265 e. The molecular weight excluding hydrogens is 266 g/mol. The van der Waals surface area contributed by atoms with Crippen molar-refractivity contribution in [2.24, 2.45) is 0 Å². The predicted molar refractivity (Wildman–Crippen MR) is 77.5 cm³/mol. The largest absolute Gasteiger partial charge is 0.325 e. The van der Waals surface area contributed by atoms with Gasteiger partial charge in [0.2, 0.25) is 0 Å². The van der Waals surface area contributed by atoms with Gasteiger partial charge in [-0.05, 0) is 20.8 Å². The van der Waals surface area contributed by atoms with Crippen LogP contribution in [0.15, 0.2) is 12.2 Å². The summed E-state index contributed by atoms with van der Waals surface area (Å²) in [5.41, 5.74) is 0.968. The van der Waals surface area contributed by atoms with Crippen molar-refractivity contribution in [3.63, 3.8) is 0 Å². The first-order valence-corrected chi connectivity index (χ1v) is 8.34. The third-order valence-corrected chi connectivity index (χ3v) is 4.41. The van der Waals surface area contributed by atoms with Crippen molar-refractivity contribution < 1.29 is 22.2 Å². The zero-order valence-corrected chi connectivity index (χ0v) is 13.4. The molecule has 0 fully saturated rings. The lowest BCUT2D eigenvalue weighted by Gasteiger charge is -2.41. The van der Waals surface area contributed by atoms with Crippen LogP contribution < -0.4 is 0 Å². The van der Waals surface area contributed by atoms with E-state index in [9.17, 15) is 8.42 Å². The second-order valence-electron chi connectivity index (χ2n) is 5.08. The normalized spacial score (nSPS) is 14.4. The minimum absolute atomic E-state index is 0.0203. The van der Waals surface area contributed by atoms with Crippen molar-refractivity contribution >= 4 is 10.1 Å². The third-order valence-electron chi connectivity index (χ3n) is 3.61. The molecule has 5 nitrogen and oxygen atoms in total. The summed E-state index contributed by atoms with van der Waals surface area (Å²) in [6.07, 6.45) is 0.412. The highest BCUT2D eigenvalue weighted by Gasteiger charge is 2.31. The fraction of sp³-hybridized carbons (Fsp3) is 0.846. The zero-order valence-electron chi connectivity index (χ0n) is 12.6. The van der Waals surface area contributed by atoms with Gasteiger partial charge < -0.3 is 4.74 Å². The molecule has 0 aliphatic heterocycles. The average Bonchev–Trinajstić information content (AvgIpc) is 2.30. The smallest absolute Gasteiger partial charge is 0.265 e. The number of hydrogen-bond acceptors (Lipinski definition) is 3. The highest BCUT2D eigenvalue weighted by molar-refractivity contribution is 7.85. The summed E-state index contributed by atoms with van der Waals surface area (Å²) in [7, 11) is -3.88. The molecule has 0 amide bonds. The minimum Gasteiger partial charge on any atom is -0.325 e. The molecule has 0 aliphatic rings. The van der Waals surface area contributed by atoms with E-state index in [2.05, 4.69) is 20.4 Å². The molecule has 19 heavy (non-hydrogen) atoms. The van der Waals surface area contributed by atoms with Gasteiger partial charge in [0, 0.05) is 13.3 Å². The number of quaternary nitrogens is 1. The Kier molecular flexibility index (Phi) is 7.81. The average molecular weight is 294 g/mol. The van der Waals surface area contributed by atoms with Gasteiger partial charge in [-0.15, -0.1) is 0 Å². The molecule has 1 N–H and O–H groups in total. The van der Waals surface area contributed by atoms with Gasteiger partial charge in [-0.2, -0.15) is 8.42 Å². The topological polar surface area (TPSA) is 63.6 Å². The van der Waals surface area contributed by atoms with Crippen molar-refractivity contribution in [2.75, 3.05) is 32.0 Å². The summed E-state index contributed by atoms with van der Waals surface area (Å²) in [6, 6.07) is 0. The molecule has 0 spiro atoms. The first-order chi connectivity index (χ1) is 8.67. The minimum atomic E-state index is -3.88. The Morgan fingerprint density at radius 3 is 2.26 bits per heavy atom. The van der Waals surface area contributed by atoms with Gasteiger partial charge in [-0.1, -0.05) is 12.2 Å². The zero-order chi connectivity index (χ0) is 15.1. The quantitative estimate of drug-likeness (QED) is 0.290. The molecule has 0 heterocycles. The molecule has 6 heteroatoms. The Hall–Kier alpha value is -0.430. The third kappa shape index (κ3) is 7.06. The van der Waals surface area contributed by atoms with E-state index in [1.165, 1.54) is 0 Å². The Morgan fingerprint density at radius 1 is 1.37 bits per heavy atom. The lowest BCUT2D eigenvalue weighted by atomic mass is 10.2. The van der Waals surface area contributed by atoms with Gasteiger partial charge in [0.15, 0.2) is 6.23 Å². The molecule has 1 unspecified atom stereocenters. The van der Waals surface area contributed by atoms with Crippen LogP contribution in [0.2, 0.25) is 0 Å². The fourth-order valence-electron chi connectivity index (χ4n) is 2.22. The number of ether oxygens (including phenoxy) is 1. The molecule has 0 aromatic heterocycles. The predicted octanol–water partition coefficient (Wildman–Crippen LogP) is 2.06. The summed E-state index contributed by atoms with van der Waals surface area (Å²) in [5, 5.41) is 0. The number of nitrogens with zero attached hydrogens (tertiary/aromatic N) is 1. The van der Waals surface area contributed by atoms with Gasteiger partial charge >= 0.3 is 0 Å². The van der Waals surface area contributed by atoms with E-state index in [0.29, 0.717) is 24.1 Å². The number of rotatable bonds is 10. The van der Waals surface area contributed by atoms with E-state index >= 15 is 0 Å². The highest BCUT2D eigenvalue weighted by atomic mass is 32.2. The van der Waals surface area contributed by atoms with Crippen molar-refractivity contribution in [3.8, 4) is 0 Å². The van der Waals surface area contributed by atoms with Crippen LogP contribution in [0.5, 0.6) is 0 Å². The Morgan fingerprint density at radius 2 is 1.89 bits per heavy atom. The standard InChI is InChI=1S/C13H27NO4S/c1-6-14(7-2,9-8-10-19(15,16)17)13(5)18-11-12(3)4/h13H,3,6-11H2,1-2,4-5H3/p+1. The first-order valence-electron chi connectivity index (χ1n) is 6.73. The van der Waals surface area contributed by atoms with Crippen LogP contribution in [0.3, 0.4) is 0 Å². The Balaban J connectivity index is 4.59. The maximum absolute atomic E-state index is 10.8. The van der Waals surface area contributed by atoms with E-state index in [4.69, 9.17) is 9.29 Å². The molecule has 0 aromatic carbocycles. The van der Waals surface area contributed by atoms with Gasteiger partial charge in [0.05, 0.1) is 32.0 Å². The van der Waals surface area contributed by atoms with E-state index < -0.39 is 10.1 Å². The molecule has 0 aliphatic carbocycles. The SMILES string of the molecule is C=C(C)COC(C)[N+](CC)(CC)CCCS(=O)(=O)O. The molecule has 0 rings (SSSR count). The van der Waals surface area contributed by atoms with Crippen molar-refractivity contribution in [2.45, 2.75) is 40.3 Å². The molecule has 0 radical (unpaired) electrons. The second-order valence-corrected chi connectivity index (χ2v) is 6.65. The van der Waals surface area contributed by atoms with Crippen LogP contribution in [0.1, 0.15) is 34.1 Å². The Bertz CT molecular complexity index is 374. The van der Waals surface area contributed by atoms with Crippen LogP contribution in [-0.2, 0) is 14.9 Å². The van der Waals surface area contributed by atoms with Gasteiger partial charge in [0.1, 0.15) is 0 Å². The molecule has 0 saturated heterocycles. The van der Waals surface area contributed by atoms with Crippen molar-refractivity contribution in [1.82, 2.24) is 0 Å². The van der Waals surface area contributed by atoms with Crippen molar-refractivity contribution in [1.29, 1.82) is 0 Å². The molecule has 114 valence electrons. The highest BCUT2D eigenvalue weighted by Crippen LogP contribution is 2.17. The van der Waals surface area contributed by atoms with Crippen LogP contribution >= 0.6 is 0 Å². The first kappa shape index (κ1) is 18.6.